The molecule has 11 rings (SSSR count). The van der Waals surface area contributed by atoms with Crippen molar-refractivity contribution >= 4 is 56.1 Å². The molecule has 0 unspecified atom stereocenters. The first kappa shape index (κ1) is 37.6. The summed E-state index contributed by atoms with van der Waals surface area (Å²) < 4.78 is 6.72. The number of fused-ring (bicyclic) bond motifs is 3. The van der Waals surface area contributed by atoms with Gasteiger partial charge in [-0.25, -0.2) is 0 Å². The van der Waals surface area contributed by atoms with E-state index in [9.17, 15) is 0 Å². The second-order valence-corrected chi connectivity index (χ2v) is 15.7. The Morgan fingerprint density at radius 2 is 0.667 bits per heavy atom. The molecule has 3 nitrogen and oxygen atoms in total. The van der Waals surface area contributed by atoms with Crippen molar-refractivity contribution in [2.24, 2.45) is 0 Å². The maximum absolute atomic E-state index is 6.72. The summed E-state index contributed by atoms with van der Waals surface area (Å²) in [5, 5.41) is 2.18. The average Bonchev–Trinajstić information content (AvgIpc) is 3.76. The fraction of sp³-hybridized carbons (Fsp3) is 0. The summed E-state index contributed by atoms with van der Waals surface area (Å²) in [7, 11) is 0. The van der Waals surface area contributed by atoms with Gasteiger partial charge in [0.2, 0.25) is 0 Å². The predicted octanol–water partition coefficient (Wildman–Crippen LogP) is 17.2. The van der Waals surface area contributed by atoms with Gasteiger partial charge in [0.25, 0.3) is 0 Å². The van der Waals surface area contributed by atoms with E-state index in [2.05, 4.69) is 252 Å². The molecule has 1 heterocycles. The molecule has 11 aromatic rings. The smallest absolute Gasteiger partial charge is 0.159 e. The van der Waals surface area contributed by atoms with Crippen LogP contribution in [0.5, 0.6) is 0 Å². The highest BCUT2D eigenvalue weighted by Gasteiger charge is 2.23. The maximum atomic E-state index is 6.72. The molecule has 0 aliphatic rings. The van der Waals surface area contributed by atoms with E-state index in [0.29, 0.717) is 0 Å². The van der Waals surface area contributed by atoms with Crippen LogP contribution in [0.2, 0.25) is 0 Å². The zero-order valence-electron chi connectivity index (χ0n) is 34.6. The van der Waals surface area contributed by atoms with Gasteiger partial charge in [-0.3, -0.25) is 0 Å². The van der Waals surface area contributed by atoms with E-state index in [1.54, 1.807) is 0 Å². The summed E-state index contributed by atoms with van der Waals surface area (Å²) >= 11 is 0. The summed E-state index contributed by atoms with van der Waals surface area (Å²) in [5.74, 6) is 0. The van der Waals surface area contributed by atoms with Crippen molar-refractivity contribution in [3.63, 3.8) is 0 Å². The van der Waals surface area contributed by atoms with Crippen molar-refractivity contribution in [1.29, 1.82) is 0 Å². The quantitative estimate of drug-likeness (QED) is 0.137. The van der Waals surface area contributed by atoms with Gasteiger partial charge in [-0.2, -0.15) is 0 Å². The number of benzene rings is 10. The molecule has 0 spiro atoms. The summed E-state index contributed by atoms with van der Waals surface area (Å²) in [4.78, 5) is 4.70. The monoisotopic (exact) mass is 806 g/mol. The topological polar surface area (TPSA) is 19.6 Å². The van der Waals surface area contributed by atoms with Gasteiger partial charge in [0.1, 0.15) is 5.58 Å². The number of hydrogen-bond donors (Lipinski definition) is 0. The first-order valence-electron chi connectivity index (χ1n) is 21.4. The largest absolute Gasteiger partial charge is 0.454 e. The Morgan fingerprint density at radius 3 is 1.24 bits per heavy atom. The Labute approximate surface area is 368 Å². The fourth-order valence-corrected chi connectivity index (χ4v) is 8.79. The number of anilines is 6. The number of rotatable bonds is 10. The van der Waals surface area contributed by atoms with Crippen molar-refractivity contribution in [2.75, 3.05) is 9.80 Å². The van der Waals surface area contributed by atoms with Gasteiger partial charge in [-0.05, 0) is 106 Å². The molecule has 3 heteroatoms. The summed E-state index contributed by atoms with van der Waals surface area (Å²) in [5.41, 5.74) is 17.2. The number of furan rings is 1. The minimum atomic E-state index is 0.846. The second-order valence-electron chi connectivity index (χ2n) is 15.7. The maximum Gasteiger partial charge on any atom is 0.159 e. The van der Waals surface area contributed by atoms with Gasteiger partial charge >= 0.3 is 0 Å². The van der Waals surface area contributed by atoms with Gasteiger partial charge in [0.15, 0.2) is 5.58 Å². The zero-order chi connectivity index (χ0) is 42.0. The third-order valence-corrected chi connectivity index (χ3v) is 11.9. The van der Waals surface area contributed by atoms with E-state index in [-0.39, 0.29) is 0 Å². The van der Waals surface area contributed by atoms with Crippen molar-refractivity contribution < 1.29 is 4.42 Å². The Morgan fingerprint density at radius 1 is 0.254 bits per heavy atom. The predicted molar refractivity (Wildman–Crippen MR) is 265 cm³/mol. The van der Waals surface area contributed by atoms with E-state index in [4.69, 9.17) is 4.42 Å². The van der Waals surface area contributed by atoms with E-state index in [1.165, 1.54) is 27.8 Å². The Bertz CT molecular complexity index is 3220. The van der Waals surface area contributed by atoms with Gasteiger partial charge in [0, 0.05) is 39.1 Å². The average molecular weight is 807 g/mol. The SMILES string of the molecule is c1ccc(-c2ccc(N(c3ccc(-c4ccccc4)cc3)c3cccc(-c4ccccc4N(c4ccc(-c5ccccc5)cc4)c4cccc5c4oc4ccccc45)c3)cc2)cc1. The number of nitrogens with zero attached hydrogens (tertiary/aromatic N) is 2. The minimum absolute atomic E-state index is 0.846. The van der Waals surface area contributed by atoms with Gasteiger partial charge < -0.3 is 14.2 Å². The van der Waals surface area contributed by atoms with Crippen molar-refractivity contribution in [3.05, 3.63) is 255 Å². The fourth-order valence-electron chi connectivity index (χ4n) is 8.79. The Kier molecular flexibility index (Phi) is 9.89. The summed E-state index contributed by atoms with van der Waals surface area (Å²) in [6, 6.07) is 90.7. The molecule has 0 saturated heterocycles. The second kappa shape index (κ2) is 16.6. The molecule has 0 saturated carbocycles. The van der Waals surface area contributed by atoms with Crippen LogP contribution in [0.3, 0.4) is 0 Å². The normalized spacial score (nSPS) is 11.2. The Balaban J connectivity index is 1.05. The molecule has 1 aromatic heterocycles. The molecule has 0 aliphatic heterocycles. The van der Waals surface area contributed by atoms with Crippen LogP contribution >= 0.6 is 0 Å². The molecule has 10 aromatic carbocycles. The lowest BCUT2D eigenvalue weighted by Gasteiger charge is -2.29. The highest BCUT2D eigenvalue weighted by Crippen LogP contribution is 2.47. The zero-order valence-corrected chi connectivity index (χ0v) is 34.6. The van der Waals surface area contributed by atoms with Gasteiger partial charge in [-0.15, -0.1) is 0 Å². The number of hydrogen-bond acceptors (Lipinski definition) is 3. The molecular formula is C60H42N2O. The molecule has 63 heavy (non-hydrogen) atoms. The van der Waals surface area contributed by atoms with E-state index in [0.717, 1.165) is 72.8 Å². The molecule has 0 radical (unpaired) electrons. The van der Waals surface area contributed by atoms with E-state index in [1.807, 2.05) is 12.1 Å². The van der Waals surface area contributed by atoms with Crippen LogP contribution in [0.4, 0.5) is 34.1 Å². The third-order valence-electron chi connectivity index (χ3n) is 11.9. The van der Waals surface area contributed by atoms with Crippen molar-refractivity contribution in [2.45, 2.75) is 0 Å². The molecule has 0 atom stereocenters. The highest BCUT2D eigenvalue weighted by atomic mass is 16.3. The molecule has 0 bridgehead atoms. The first-order valence-corrected chi connectivity index (χ1v) is 21.4. The van der Waals surface area contributed by atoms with Gasteiger partial charge in [-0.1, -0.05) is 188 Å². The lowest BCUT2D eigenvalue weighted by molar-refractivity contribution is 0.669. The molecule has 0 N–H and O–H groups in total. The van der Waals surface area contributed by atoms with E-state index >= 15 is 0 Å². The van der Waals surface area contributed by atoms with Crippen LogP contribution in [-0.4, -0.2) is 0 Å². The third kappa shape index (κ3) is 7.32. The van der Waals surface area contributed by atoms with Crippen LogP contribution in [0.15, 0.2) is 259 Å². The van der Waals surface area contributed by atoms with E-state index < -0.39 is 0 Å². The summed E-state index contributed by atoms with van der Waals surface area (Å²) in [6.07, 6.45) is 0. The van der Waals surface area contributed by atoms with Crippen LogP contribution in [0.1, 0.15) is 0 Å². The van der Waals surface area contributed by atoms with Crippen molar-refractivity contribution in [1.82, 2.24) is 0 Å². The Hall–Kier alpha value is -8.40. The van der Waals surface area contributed by atoms with Crippen LogP contribution in [-0.2, 0) is 0 Å². The molecule has 0 amide bonds. The standard InChI is InChI=1S/C60H42N2O/c1-4-16-43(17-5-1)46-30-36-50(37-31-46)61(51-38-32-47(33-39-51)44-18-6-2-7-19-44)53-23-14-22-49(42-53)54-24-10-12-27-57(54)62(52-40-34-48(35-41-52)45-20-8-3-9-21-45)58-28-15-26-56-55-25-11-13-29-59(55)63-60(56)58/h1-42H. The number of para-hydroxylation sites is 3. The summed E-state index contributed by atoms with van der Waals surface area (Å²) in [6.45, 7) is 0. The lowest BCUT2D eigenvalue weighted by Crippen LogP contribution is -2.12. The van der Waals surface area contributed by atoms with Crippen LogP contribution in [0.25, 0.3) is 66.4 Å². The van der Waals surface area contributed by atoms with Crippen molar-refractivity contribution in [3.8, 4) is 44.5 Å². The minimum Gasteiger partial charge on any atom is -0.454 e. The molecular weight excluding hydrogens is 765 g/mol. The van der Waals surface area contributed by atoms with Crippen LogP contribution in [0, 0.1) is 0 Å². The van der Waals surface area contributed by atoms with Gasteiger partial charge in [0.05, 0.1) is 11.4 Å². The van der Waals surface area contributed by atoms with Crippen LogP contribution < -0.4 is 9.80 Å². The first-order chi connectivity index (χ1) is 31.2. The molecule has 0 aliphatic carbocycles. The lowest BCUT2D eigenvalue weighted by atomic mass is 9.99. The molecule has 298 valence electrons. The molecule has 0 fully saturated rings. The highest BCUT2D eigenvalue weighted by molar-refractivity contribution is 6.10.